The van der Waals surface area contributed by atoms with Crippen molar-refractivity contribution in [2.24, 2.45) is 0 Å². The van der Waals surface area contributed by atoms with E-state index < -0.39 is 34.6 Å². The number of halogens is 3. The lowest BCUT2D eigenvalue weighted by Gasteiger charge is -2.12. The Bertz CT molecular complexity index is 1070. The third-order valence-corrected chi connectivity index (χ3v) is 3.58. The first-order chi connectivity index (χ1) is 12.9. The van der Waals surface area contributed by atoms with Crippen molar-refractivity contribution < 1.29 is 22.7 Å². The molecular weight excluding hydrogens is 363 g/mol. The van der Waals surface area contributed by atoms with Gasteiger partial charge >= 0.3 is 0 Å². The van der Waals surface area contributed by atoms with E-state index in [9.17, 15) is 22.8 Å². The molecular formula is C18H12F3N3O3. The predicted molar refractivity (Wildman–Crippen MR) is 90.7 cm³/mol. The molecule has 3 rings (SSSR count). The van der Waals surface area contributed by atoms with Gasteiger partial charge < -0.3 is 10.1 Å². The maximum absolute atomic E-state index is 13.8. The number of anilines is 1. The smallest absolute Gasteiger partial charge is 0.280 e. The Kier molecular flexibility index (Phi) is 4.93. The van der Waals surface area contributed by atoms with Crippen molar-refractivity contribution in [1.82, 2.24) is 9.78 Å². The van der Waals surface area contributed by atoms with E-state index in [2.05, 4.69) is 10.4 Å². The van der Waals surface area contributed by atoms with Crippen LogP contribution in [0.3, 0.4) is 0 Å². The summed E-state index contributed by atoms with van der Waals surface area (Å²) in [7, 11) is 1.22. The van der Waals surface area contributed by atoms with Gasteiger partial charge in [-0.3, -0.25) is 9.59 Å². The average molecular weight is 375 g/mol. The highest BCUT2D eigenvalue weighted by molar-refractivity contribution is 6.04. The zero-order valence-corrected chi connectivity index (χ0v) is 13.9. The summed E-state index contributed by atoms with van der Waals surface area (Å²) < 4.78 is 46.0. The van der Waals surface area contributed by atoms with Gasteiger partial charge in [0.05, 0.1) is 24.6 Å². The van der Waals surface area contributed by atoms with Gasteiger partial charge in [-0.25, -0.2) is 13.2 Å². The van der Waals surface area contributed by atoms with E-state index in [-0.39, 0.29) is 17.1 Å². The Labute approximate surface area is 150 Å². The lowest BCUT2D eigenvalue weighted by Crippen LogP contribution is -2.26. The maximum atomic E-state index is 13.8. The summed E-state index contributed by atoms with van der Waals surface area (Å²) in [6, 6.07) is 8.40. The first-order valence-electron chi connectivity index (χ1n) is 7.60. The molecule has 2 aromatic carbocycles. The highest BCUT2D eigenvalue weighted by Crippen LogP contribution is 2.19. The van der Waals surface area contributed by atoms with Crippen LogP contribution >= 0.6 is 0 Å². The van der Waals surface area contributed by atoms with Crippen molar-refractivity contribution in [3.05, 3.63) is 82.0 Å². The second kappa shape index (κ2) is 7.32. The van der Waals surface area contributed by atoms with Crippen LogP contribution in [0.5, 0.6) is 5.75 Å². The van der Waals surface area contributed by atoms with E-state index >= 15 is 0 Å². The minimum absolute atomic E-state index is 0.160. The van der Waals surface area contributed by atoms with Crippen molar-refractivity contribution in [3.63, 3.8) is 0 Å². The largest absolute Gasteiger partial charge is 0.494 e. The highest BCUT2D eigenvalue weighted by Gasteiger charge is 2.19. The van der Waals surface area contributed by atoms with Gasteiger partial charge in [-0.2, -0.15) is 9.78 Å². The monoisotopic (exact) mass is 375 g/mol. The van der Waals surface area contributed by atoms with Crippen LogP contribution in [-0.4, -0.2) is 22.8 Å². The number of aromatic nitrogens is 2. The van der Waals surface area contributed by atoms with E-state index in [1.165, 1.54) is 19.2 Å². The summed E-state index contributed by atoms with van der Waals surface area (Å²) in [5.41, 5.74) is -1.17. The second-order valence-electron chi connectivity index (χ2n) is 5.37. The quantitative estimate of drug-likeness (QED) is 0.761. The van der Waals surface area contributed by atoms with E-state index in [1.54, 1.807) is 0 Å². The van der Waals surface area contributed by atoms with Gasteiger partial charge in [0, 0.05) is 6.07 Å². The third kappa shape index (κ3) is 3.81. The number of hydrogen-bond acceptors (Lipinski definition) is 4. The molecule has 1 heterocycles. The molecule has 0 unspecified atom stereocenters. The molecule has 0 aliphatic rings. The van der Waals surface area contributed by atoms with Gasteiger partial charge in [-0.05, 0) is 36.4 Å². The van der Waals surface area contributed by atoms with E-state index in [4.69, 9.17) is 4.74 Å². The summed E-state index contributed by atoms with van der Waals surface area (Å²) >= 11 is 0. The summed E-state index contributed by atoms with van der Waals surface area (Å²) in [6.07, 6.45) is 0. The van der Waals surface area contributed by atoms with Crippen molar-refractivity contribution in [2.45, 2.75) is 0 Å². The molecule has 6 nitrogen and oxygen atoms in total. The van der Waals surface area contributed by atoms with Crippen molar-refractivity contribution in [1.29, 1.82) is 0 Å². The Morgan fingerprint density at radius 1 is 1.04 bits per heavy atom. The maximum Gasteiger partial charge on any atom is 0.280 e. The molecule has 0 saturated heterocycles. The lowest BCUT2D eigenvalue weighted by molar-refractivity contribution is 0.101. The van der Waals surface area contributed by atoms with Crippen LogP contribution < -0.4 is 15.6 Å². The van der Waals surface area contributed by atoms with Crippen LogP contribution in [0.15, 0.2) is 53.3 Å². The number of amides is 1. The molecule has 0 radical (unpaired) electrons. The summed E-state index contributed by atoms with van der Waals surface area (Å²) in [5, 5.41) is 6.10. The zero-order valence-electron chi connectivity index (χ0n) is 13.9. The fourth-order valence-corrected chi connectivity index (χ4v) is 2.30. The van der Waals surface area contributed by atoms with E-state index in [1.807, 2.05) is 0 Å². The summed E-state index contributed by atoms with van der Waals surface area (Å²) in [6.45, 7) is 0. The average Bonchev–Trinajstić information content (AvgIpc) is 2.65. The molecule has 27 heavy (non-hydrogen) atoms. The molecule has 0 atom stereocenters. The van der Waals surface area contributed by atoms with Gasteiger partial charge in [0.1, 0.15) is 17.5 Å². The van der Waals surface area contributed by atoms with Gasteiger partial charge in [-0.1, -0.05) is 0 Å². The number of ether oxygens (including phenoxy) is 1. The number of nitrogens with one attached hydrogen (secondary N) is 1. The molecule has 0 bridgehead atoms. The molecule has 1 N–H and O–H groups in total. The predicted octanol–water partition coefficient (Wildman–Crippen LogP) is 2.91. The van der Waals surface area contributed by atoms with Gasteiger partial charge in [0.25, 0.3) is 11.5 Å². The Balaban J connectivity index is 2.04. The fourth-order valence-electron chi connectivity index (χ4n) is 2.30. The molecule has 0 fully saturated rings. The minimum atomic E-state index is -0.924. The molecule has 0 spiro atoms. The number of nitrogens with zero attached hydrogens (tertiary/aromatic N) is 2. The van der Waals surface area contributed by atoms with Crippen LogP contribution in [0.25, 0.3) is 5.69 Å². The molecule has 3 aromatic rings. The standard InChI is InChI=1S/C18H12F3N3O3/c1-27-15-9-16(25)24(12-5-2-10(19)3-6-12)23-17(15)18(26)22-14-8-11(20)4-7-13(14)21/h2-9H,1H3,(H,22,26). The van der Waals surface area contributed by atoms with Crippen LogP contribution in [0, 0.1) is 17.5 Å². The Morgan fingerprint density at radius 3 is 2.37 bits per heavy atom. The molecule has 0 aliphatic carbocycles. The first kappa shape index (κ1) is 18.2. The SMILES string of the molecule is COc1cc(=O)n(-c2ccc(F)cc2)nc1C(=O)Nc1cc(F)ccc1F. The molecule has 0 aliphatic heterocycles. The Morgan fingerprint density at radius 2 is 1.70 bits per heavy atom. The van der Waals surface area contributed by atoms with Crippen molar-refractivity contribution in [3.8, 4) is 11.4 Å². The highest BCUT2D eigenvalue weighted by atomic mass is 19.1. The van der Waals surface area contributed by atoms with Crippen molar-refractivity contribution >= 4 is 11.6 Å². The lowest BCUT2D eigenvalue weighted by atomic mass is 10.2. The number of hydrogen-bond donors (Lipinski definition) is 1. The number of carbonyl (C=O) groups is 1. The van der Waals surface area contributed by atoms with E-state index in [0.29, 0.717) is 0 Å². The van der Waals surface area contributed by atoms with Crippen LogP contribution in [0.4, 0.5) is 18.9 Å². The van der Waals surface area contributed by atoms with E-state index in [0.717, 1.165) is 41.1 Å². The minimum Gasteiger partial charge on any atom is -0.494 e. The van der Waals surface area contributed by atoms with Crippen LogP contribution in [-0.2, 0) is 0 Å². The molecule has 138 valence electrons. The number of methoxy groups -OCH3 is 1. The third-order valence-electron chi connectivity index (χ3n) is 3.58. The number of carbonyl (C=O) groups excluding carboxylic acids is 1. The van der Waals surface area contributed by atoms with Crippen LogP contribution in [0.1, 0.15) is 10.5 Å². The van der Waals surface area contributed by atoms with Crippen molar-refractivity contribution in [2.75, 3.05) is 12.4 Å². The number of benzene rings is 2. The van der Waals surface area contributed by atoms with Gasteiger partial charge in [0.15, 0.2) is 11.4 Å². The summed E-state index contributed by atoms with van der Waals surface area (Å²) in [4.78, 5) is 24.7. The fraction of sp³-hybridized carbons (Fsp3) is 0.0556. The topological polar surface area (TPSA) is 73.2 Å². The summed E-state index contributed by atoms with van der Waals surface area (Å²) in [5.74, 6) is -3.20. The normalized spacial score (nSPS) is 10.5. The van der Waals surface area contributed by atoms with Gasteiger partial charge in [-0.15, -0.1) is 0 Å². The molecule has 1 aromatic heterocycles. The molecule has 1 amide bonds. The Hall–Kier alpha value is -3.62. The van der Waals surface area contributed by atoms with Crippen LogP contribution in [0.2, 0.25) is 0 Å². The number of rotatable bonds is 4. The zero-order chi connectivity index (χ0) is 19.6. The molecule has 9 heteroatoms. The van der Waals surface area contributed by atoms with Gasteiger partial charge in [0.2, 0.25) is 0 Å². The first-order valence-corrected chi connectivity index (χ1v) is 7.60. The second-order valence-corrected chi connectivity index (χ2v) is 5.37. The molecule has 0 saturated carbocycles.